The third-order valence-corrected chi connectivity index (χ3v) is 5.46. The zero-order valence-electron chi connectivity index (χ0n) is 13.0. The maximum Gasteiger partial charge on any atom is 0.0720 e. The van der Waals surface area contributed by atoms with Gasteiger partial charge in [0.15, 0.2) is 0 Å². The number of nitrogens with one attached hydrogen (secondary N) is 1. The number of hydrogen-bond donors (Lipinski definition) is 1. The molecule has 0 heterocycles. The summed E-state index contributed by atoms with van der Waals surface area (Å²) in [6.07, 6.45) is 5.19. The van der Waals surface area contributed by atoms with E-state index in [9.17, 15) is 0 Å². The van der Waals surface area contributed by atoms with Gasteiger partial charge in [0.05, 0.1) is 15.7 Å². The van der Waals surface area contributed by atoms with Crippen molar-refractivity contribution in [1.29, 1.82) is 0 Å². The Morgan fingerprint density at radius 3 is 2.00 bits per heavy atom. The second-order valence-corrected chi connectivity index (χ2v) is 8.46. The maximum atomic E-state index is 6.20. The highest BCUT2D eigenvalue weighted by Gasteiger charge is 2.29. The van der Waals surface area contributed by atoms with Gasteiger partial charge in [0.1, 0.15) is 0 Å². The average Bonchev–Trinajstić information content (AvgIpc) is 2.37. The summed E-state index contributed by atoms with van der Waals surface area (Å²) >= 11 is 18.3. The van der Waals surface area contributed by atoms with Crippen molar-refractivity contribution in [3.63, 3.8) is 0 Å². The minimum Gasteiger partial charge on any atom is -0.382 e. The molecule has 1 aromatic rings. The van der Waals surface area contributed by atoms with E-state index in [1.54, 1.807) is 12.1 Å². The van der Waals surface area contributed by atoms with Crippen LogP contribution in [0.15, 0.2) is 12.1 Å². The molecule has 0 bridgehead atoms. The first-order valence-corrected chi connectivity index (χ1v) is 8.79. The van der Waals surface area contributed by atoms with Crippen molar-refractivity contribution >= 4 is 40.5 Å². The van der Waals surface area contributed by atoms with Crippen LogP contribution in [0.4, 0.5) is 5.69 Å². The van der Waals surface area contributed by atoms with E-state index in [2.05, 4.69) is 26.1 Å². The Hall–Kier alpha value is -0.110. The van der Waals surface area contributed by atoms with E-state index < -0.39 is 0 Å². The molecule has 21 heavy (non-hydrogen) atoms. The van der Waals surface area contributed by atoms with Gasteiger partial charge in [-0.05, 0) is 55.1 Å². The predicted octanol–water partition coefficient (Wildman–Crippen LogP) is 6.91. The normalized spacial score (nSPS) is 23.1. The maximum absolute atomic E-state index is 6.20. The Morgan fingerprint density at radius 2 is 1.52 bits per heavy atom. The van der Waals surface area contributed by atoms with Crippen LogP contribution < -0.4 is 5.32 Å². The Kier molecular flexibility index (Phi) is 5.73. The molecule has 1 aliphatic rings. The smallest absolute Gasteiger partial charge is 0.0720 e. The Morgan fingerprint density at radius 1 is 1.00 bits per heavy atom. The molecule has 0 radical (unpaired) electrons. The van der Waals surface area contributed by atoms with E-state index in [0.717, 1.165) is 18.2 Å². The van der Waals surface area contributed by atoms with E-state index in [1.165, 1.54) is 25.7 Å². The van der Waals surface area contributed by atoms with E-state index in [4.69, 9.17) is 34.8 Å². The van der Waals surface area contributed by atoms with Gasteiger partial charge in [-0.2, -0.15) is 0 Å². The van der Waals surface area contributed by atoms with E-state index >= 15 is 0 Å². The van der Waals surface area contributed by atoms with Gasteiger partial charge in [-0.25, -0.2) is 0 Å². The van der Waals surface area contributed by atoms with Crippen LogP contribution in [-0.2, 0) is 0 Å². The summed E-state index contributed by atoms with van der Waals surface area (Å²) in [6.45, 7) is 7.98. The van der Waals surface area contributed by atoms with Crippen LogP contribution in [0.3, 0.4) is 0 Å². The Bertz CT molecular complexity index is 462. The number of halogens is 3. The first-order valence-electron chi connectivity index (χ1n) is 7.66. The summed E-state index contributed by atoms with van der Waals surface area (Å²) in [5.74, 6) is 1.54. The van der Waals surface area contributed by atoms with Gasteiger partial charge in [-0.1, -0.05) is 55.6 Å². The standard InChI is InChI=1S/C17H24Cl3N/c1-17(2,3)12-6-4-11(5-7-12)10-21-16-14(19)8-13(18)9-15(16)20/h8-9,11-12,21H,4-7,10H2,1-3H3. The van der Waals surface area contributed by atoms with E-state index in [0.29, 0.717) is 26.4 Å². The summed E-state index contributed by atoms with van der Waals surface area (Å²) < 4.78 is 0. The third-order valence-electron chi connectivity index (χ3n) is 4.65. The van der Waals surface area contributed by atoms with Crippen LogP contribution in [0.5, 0.6) is 0 Å². The molecule has 0 unspecified atom stereocenters. The van der Waals surface area contributed by atoms with Crippen molar-refractivity contribution in [2.45, 2.75) is 46.5 Å². The number of benzene rings is 1. The van der Waals surface area contributed by atoms with Gasteiger partial charge in [0.25, 0.3) is 0 Å². The molecular weight excluding hydrogens is 325 g/mol. The SMILES string of the molecule is CC(C)(C)C1CCC(CNc2c(Cl)cc(Cl)cc2Cl)CC1. The summed E-state index contributed by atoms with van der Waals surface area (Å²) in [5.41, 5.74) is 1.24. The lowest BCUT2D eigenvalue weighted by atomic mass is 9.70. The number of anilines is 1. The second kappa shape index (κ2) is 6.98. The quantitative estimate of drug-likeness (QED) is 0.625. The number of rotatable bonds is 3. The van der Waals surface area contributed by atoms with Crippen molar-refractivity contribution < 1.29 is 0 Å². The molecule has 4 heteroatoms. The highest BCUT2D eigenvalue weighted by molar-refractivity contribution is 6.41. The monoisotopic (exact) mass is 347 g/mol. The molecule has 1 N–H and O–H groups in total. The molecule has 0 aliphatic heterocycles. The molecule has 0 amide bonds. The van der Waals surface area contributed by atoms with Crippen LogP contribution in [0.25, 0.3) is 0 Å². The zero-order chi connectivity index (χ0) is 15.6. The third kappa shape index (κ3) is 4.68. The van der Waals surface area contributed by atoms with Crippen molar-refractivity contribution in [1.82, 2.24) is 0 Å². The first kappa shape index (κ1) is 17.2. The van der Waals surface area contributed by atoms with Gasteiger partial charge in [0.2, 0.25) is 0 Å². The fourth-order valence-electron chi connectivity index (χ4n) is 3.19. The van der Waals surface area contributed by atoms with E-state index in [-0.39, 0.29) is 0 Å². The van der Waals surface area contributed by atoms with Crippen LogP contribution >= 0.6 is 34.8 Å². The van der Waals surface area contributed by atoms with Gasteiger partial charge in [0, 0.05) is 11.6 Å². The minimum atomic E-state index is 0.432. The molecule has 0 saturated heterocycles. The van der Waals surface area contributed by atoms with Gasteiger partial charge in [-0.15, -0.1) is 0 Å². The summed E-state index contributed by atoms with van der Waals surface area (Å²) in [6, 6.07) is 3.46. The largest absolute Gasteiger partial charge is 0.382 e. The highest BCUT2D eigenvalue weighted by Crippen LogP contribution is 2.40. The molecule has 1 fully saturated rings. The molecule has 1 saturated carbocycles. The van der Waals surface area contributed by atoms with Crippen molar-refractivity contribution in [2.75, 3.05) is 11.9 Å². The molecule has 0 spiro atoms. The van der Waals surface area contributed by atoms with Crippen LogP contribution in [0, 0.1) is 17.3 Å². The fourth-order valence-corrected chi connectivity index (χ4v) is 4.14. The van der Waals surface area contributed by atoms with E-state index in [1.807, 2.05) is 0 Å². The summed E-state index contributed by atoms with van der Waals surface area (Å²) in [5, 5.41) is 5.17. The summed E-state index contributed by atoms with van der Waals surface area (Å²) in [7, 11) is 0. The molecule has 2 rings (SSSR count). The first-order chi connectivity index (χ1) is 9.77. The van der Waals surface area contributed by atoms with Crippen molar-refractivity contribution in [2.24, 2.45) is 17.3 Å². The zero-order valence-corrected chi connectivity index (χ0v) is 15.2. The van der Waals surface area contributed by atoms with Gasteiger partial charge >= 0.3 is 0 Å². The Labute approximate surface area is 143 Å². The predicted molar refractivity (Wildman–Crippen MR) is 94.9 cm³/mol. The van der Waals surface area contributed by atoms with Crippen molar-refractivity contribution in [3.8, 4) is 0 Å². The molecule has 1 aliphatic carbocycles. The minimum absolute atomic E-state index is 0.432. The lowest BCUT2D eigenvalue weighted by Crippen LogP contribution is -2.28. The molecule has 1 nitrogen and oxygen atoms in total. The van der Waals surface area contributed by atoms with Crippen LogP contribution in [-0.4, -0.2) is 6.54 Å². The van der Waals surface area contributed by atoms with Gasteiger partial charge < -0.3 is 5.32 Å². The van der Waals surface area contributed by atoms with Gasteiger partial charge in [-0.3, -0.25) is 0 Å². The van der Waals surface area contributed by atoms with Crippen LogP contribution in [0.1, 0.15) is 46.5 Å². The second-order valence-electron chi connectivity index (χ2n) is 7.21. The molecule has 1 aromatic carbocycles. The fraction of sp³-hybridized carbons (Fsp3) is 0.647. The van der Waals surface area contributed by atoms with Crippen LogP contribution in [0.2, 0.25) is 15.1 Å². The molecule has 0 aromatic heterocycles. The molecular formula is C17H24Cl3N. The lowest BCUT2D eigenvalue weighted by molar-refractivity contribution is 0.153. The average molecular weight is 349 g/mol. The Balaban J connectivity index is 1.88. The molecule has 118 valence electrons. The number of hydrogen-bond acceptors (Lipinski definition) is 1. The van der Waals surface area contributed by atoms with Crippen molar-refractivity contribution in [3.05, 3.63) is 27.2 Å². The lowest BCUT2D eigenvalue weighted by Gasteiger charge is -2.37. The highest BCUT2D eigenvalue weighted by atomic mass is 35.5. The topological polar surface area (TPSA) is 12.0 Å². The molecule has 0 atom stereocenters. The summed E-state index contributed by atoms with van der Waals surface area (Å²) in [4.78, 5) is 0.